The third-order valence-electron chi connectivity index (χ3n) is 4.45. The summed E-state index contributed by atoms with van der Waals surface area (Å²) in [6.07, 6.45) is 6.55. The lowest BCUT2D eigenvalue weighted by Crippen LogP contribution is -2.14. The molecule has 0 bridgehead atoms. The molecule has 2 rings (SSSR count). The third kappa shape index (κ3) is 10.3. The first-order valence-electron chi connectivity index (χ1n) is 11.1. The van der Waals surface area contributed by atoms with E-state index < -0.39 is 0 Å². The highest BCUT2D eigenvalue weighted by Crippen LogP contribution is 2.11. The molecule has 178 valence electrons. The van der Waals surface area contributed by atoms with Crippen molar-refractivity contribution in [2.24, 2.45) is 0 Å². The Kier molecular flexibility index (Phi) is 11.7. The Hall–Kier alpha value is -3.06. The minimum Gasteiger partial charge on any atom is -0.396 e. The van der Waals surface area contributed by atoms with Crippen molar-refractivity contribution in [3.63, 3.8) is 0 Å². The zero-order valence-corrected chi connectivity index (χ0v) is 18.4. The molecule has 32 heavy (non-hydrogen) atoms. The fraction of sp³-hybridized carbons (Fsp3) is 0.684. The Morgan fingerprint density at radius 1 is 0.531 bits per heavy atom. The van der Waals surface area contributed by atoms with E-state index in [4.69, 9.17) is 21.7 Å². The van der Waals surface area contributed by atoms with Gasteiger partial charge in [0.2, 0.25) is 29.7 Å². The van der Waals surface area contributed by atoms with Gasteiger partial charge in [0.15, 0.2) is 0 Å². The van der Waals surface area contributed by atoms with E-state index in [1.54, 1.807) is 0 Å². The van der Waals surface area contributed by atoms with Crippen LogP contribution in [0.2, 0.25) is 0 Å². The van der Waals surface area contributed by atoms with E-state index in [-0.39, 0.29) is 25.1 Å². The second-order valence-electron chi connectivity index (χ2n) is 7.23. The van der Waals surface area contributed by atoms with E-state index in [9.17, 15) is 0 Å². The van der Waals surface area contributed by atoms with Gasteiger partial charge in [0.05, 0.1) is 0 Å². The van der Waals surface area contributed by atoms with Crippen molar-refractivity contribution in [1.29, 1.82) is 0 Å². The van der Waals surface area contributed by atoms with E-state index in [0.29, 0.717) is 49.7 Å². The van der Waals surface area contributed by atoms with Crippen molar-refractivity contribution in [3.05, 3.63) is 5.82 Å². The molecule has 0 amide bonds. The molecule has 0 saturated carbocycles. The van der Waals surface area contributed by atoms with Crippen LogP contribution in [0, 0.1) is 0 Å². The number of aryl methyl sites for hydroxylation is 1. The summed E-state index contributed by atoms with van der Waals surface area (Å²) in [6, 6.07) is 0. The van der Waals surface area contributed by atoms with Crippen LogP contribution in [-0.4, -0.2) is 73.0 Å². The van der Waals surface area contributed by atoms with Crippen LogP contribution in [0.1, 0.15) is 50.8 Å². The standard InChI is InChI=1S/C19H35N11O2/c20-15-25-14(26-16(21)27-15)8-2-1-3-9-22-17-28-18(23-10-4-6-12-31)30-19(29-17)24-11-5-7-13-32/h31-32H,1-13H2,(H4,20,21,25,26,27)(H3,22,23,24,28,29,30). The van der Waals surface area contributed by atoms with Gasteiger partial charge in [-0.1, -0.05) is 6.42 Å². The summed E-state index contributed by atoms with van der Waals surface area (Å²) in [7, 11) is 0. The number of aliphatic hydroxyl groups excluding tert-OH is 2. The number of hydrogen-bond donors (Lipinski definition) is 7. The summed E-state index contributed by atoms with van der Waals surface area (Å²) in [6.45, 7) is 2.37. The number of aliphatic hydroxyl groups is 2. The maximum absolute atomic E-state index is 8.91. The molecule has 0 aromatic carbocycles. The second kappa shape index (κ2) is 14.9. The maximum atomic E-state index is 8.91. The summed E-state index contributed by atoms with van der Waals surface area (Å²) in [5, 5.41) is 27.4. The molecule has 9 N–H and O–H groups in total. The molecule has 0 spiro atoms. The van der Waals surface area contributed by atoms with Gasteiger partial charge < -0.3 is 37.6 Å². The van der Waals surface area contributed by atoms with E-state index in [1.165, 1.54) is 0 Å². The molecule has 0 aliphatic heterocycles. The van der Waals surface area contributed by atoms with Gasteiger partial charge in [-0.3, -0.25) is 0 Å². The number of anilines is 5. The lowest BCUT2D eigenvalue weighted by Gasteiger charge is -2.11. The number of aromatic nitrogens is 6. The average Bonchev–Trinajstić information content (AvgIpc) is 2.76. The highest BCUT2D eigenvalue weighted by atomic mass is 16.3. The number of nitrogens with two attached hydrogens (primary N) is 2. The number of unbranched alkanes of at least 4 members (excludes halogenated alkanes) is 4. The molecule has 13 nitrogen and oxygen atoms in total. The first kappa shape index (κ1) is 25.2. The first-order valence-corrected chi connectivity index (χ1v) is 11.1. The highest BCUT2D eigenvalue weighted by molar-refractivity contribution is 5.42. The Morgan fingerprint density at radius 3 is 1.41 bits per heavy atom. The fourth-order valence-electron chi connectivity index (χ4n) is 2.84. The largest absolute Gasteiger partial charge is 0.396 e. The number of nitrogen functional groups attached to an aromatic ring is 2. The molecule has 13 heteroatoms. The molecule has 0 radical (unpaired) electrons. The molecule has 2 heterocycles. The van der Waals surface area contributed by atoms with Gasteiger partial charge in [-0.15, -0.1) is 0 Å². The molecule has 0 atom stereocenters. The molecular formula is C19H35N11O2. The summed E-state index contributed by atoms with van der Waals surface area (Å²) in [5.41, 5.74) is 11.2. The summed E-state index contributed by atoms with van der Waals surface area (Å²) in [4.78, 5) is 25.2. The lowest BCUT2D eigenvalue weighted by molar-refractivity contribution is 0.286. The molecule has 2 aromatic heterocycles. The molecule has 2 aromatic rings. The van der Waals surface area contributed by atoms with Crippen LogP contribution in [0.5, 0.6) is 0 Å². The van der Waals surface area contributed by atoms with Crippen molar-refractivity contribution in [2.45, 2.75) is 51.4 Å². The van der Waals surface area contributed by atoms with Gasteiger partial charge >= 0.3 is 0 Å². The van der Waals surface area contributed by atoms with Crippen LogP contribution in [0.25, 0.3) is 0 Å². The normalized spacial score (nSPS) is 10.8. The lowest BCUT2D eigenvalue weighted by atomic mass is 10.2. The second-order valence-corrected chi connectivity index (χ2v) is 7.23. The van der Waals surface area contributed by atoms with Crippen LogP contribution in [-0.2, 0) is 6.42 Å². The van der Waals surface area contributed by atoms with Gasteiger partial charge in [0, 0.05) is 39.3 Å². The summed E-state index contributed by atoms with van der Waals surface area (Å²) in [5.74, 6) is 2.35. The number of hydrogen-bond acceptors (Lipinski definition) is 13. The van der Waals surface area contributed by atoms with Crippen molar-refractivity contribution >= 4 is 29.7 Å². The summed E-state index contributed by atoms with van der Waals surface area (Å²) >= 11 is 0. The van der Waals surface area contributed by atoms with Crippen molar-refractivity contribution in [2.75, 3.05) is 60.3 Å². The predicted octanol–water partition coefficient (Wildman–Crippen LogP) is 0.415. The topological polar surface area (TPSA) is 206 Å². The third-order valence-corrected chi connectivity index (χ3v) is 4.45. The van der Waals surface area contributed by atoms with Crippen molar-refractivity contribution in [3.8, 4) is 0 Å². The van der Waals surface area contributed by atoms with Crippen LogP contribution >= 0.6 is 0 Å². The molecule has 0 saturated heterocycles. The van der Waals surface area contributed by atoms with Crippen LogP contribution in [0.3, 0.4) is 0 Å². The van der Waals surface area contributed by atoms with Crippen molar-refractivity contribution < 1.29 is 10.2 Å². The molecule has 0 fully saturated rings. The van der Waals surface area contributed by atoms with Crippen LogP contribution in [0.4, 0.5) is 29.7 Å². The Balaban J connectivity index is 1.79. The van der Waals surface area contributed by atoms with Gasteiger partial charge in [0.1, 0.15) is 5.82 Å². The molecular weight excluding hydrogens is 414 g/mol. The first-order chi connectivity index (χ1) is 15.6. The van der Waals surface area contributed by atoms with Gasteiger partial charge in [-0.25, -0.2) is 0 Å². The Morgan fingerprint density at radius 2 is 0.969 bits per heavy atom. The van der Waals surface area contributed by atoms with Gasteiger partial charge in [-0.2, -0.15) is 29.9 Å². The quantitative estimate of drug-likeness (QED) is 0.164. The SMILES string of the molecule is Nc1nc(N)nc(CCCCCNc2nc(NCCCCO)nc(NCCCCO)n2)n1. The minimum absolute atomic E-state index is 0.144. The zero-order chi connectivity index (χ0) is 23.0. The van der Waals surface area contributed by atoms with Crippen LogP contribution in [0.15, 0.2) is 0 Å². The van der Waals surface area contributed by atoms with E-state index in [2.05, 4.69) is 45.9 Å². The van der Waals surface area contributed by atoms with Crippen LogP contribution < -0.4 is 27.4 Å². The average molecular weight is 450 g/mol. The van der Waals surface area contributed by atoms with Gasteiger partial charge in [0.25, 0.3) is 0 Å². The number of nitrogens with zero attached hydrogens (tertiary/aromatic N) is 6. The van der Waals surface area contributed by atoms with E-state index in [1.807, 2.05) is 0 Å². The maximum Gasteiger partial charge on any atom is 0.229 e. The van der Waals surface area contributed by atoms with Gasteiger partial charge in [-0.05, 0) is 38.5 Å². The fourth-order valence-corrected chi connectivity index (χ4v) is 2.84. The molecule has 0 aliphatic rings. The smallest absolute Gasteiger partial charge is 0.229 e. The monoisotopic (exact) mass is 449 g/mol. The Bertz CT molecular complexity index is 743. The minimum atomic E-state index is 0.144. The summed E-state index contributed by atoms with van der Waals surface area (Å²) < 4.78 is 0. The number of nitrogens with one attached hydrogen (secondary N) is 3. The zero-order valence-electron chi connectivity index (χ0n) is 18.4. The number of rotatable bonds is 17. The highest BCUT2D eigenvalue weighted by Gasteiger charge is 2.07. The Labute approximate surface area is 187 Å². The predicted molar refractivity (Wildman–Crippen MR) is 124 cm³/mol. The van der Waals surface area contributed by atoms with E-state index in [0.717, 1.165) is 44.9 Å². The van der Waals surface area contributed by atoms with Crippen molar-refractivity contribution in [1.82, 2.24) is 29.9 Å². The molecule has 0 unspecified atom stereocenters. The van der Waals surface area contributed by atoms with E-state index >= 15 is 0 Å². The molecule has 0 aliphatic carbocycles.